The van der Waals surface area contributed by atoms with E-state index in [0.29, 0.717) is 11.5 Å². The van der Waals surface area contributed by atoms with Crippen LogP contribution in [0.2, 0.25) is 0 Å². The quantitative estimate of drug-likeness (QED) is 0.390. The molecule has 0 saturated carbocycles. The van der Waals surface area contributed by atoms with Crippen molar-refractivity contribution < 1.29 is 14.5 Å². The van der Waals surface area contributed by atoms with Crippen LogP contribution in [0.15, 0.2) is 39.9 Å². The number of hydrogen-bond donors (Lipinski definition) is 1. The molecule has 0 saturated heterocycles. The number of furan rings is 1. The molecule has 0 atom stereocenters. The summed E-state index contributed by atoms with van der Waals surface area (Å²) >= 11 is 0. The number of benzene rings is 1. The highest BCUT2D eigenvalue weighted by Crippen LogP contribution is 2.27. The molecule has 18 heavy (non-hydrogen) atoms. The summed E-state index contributed by atoms with van der Waals surface area (Å²) in [5, 5.41) is 21.9. The first-order chi connectivity index (χ1) is 8.61. The summed E-state index contributed by atoms with van der Waals surface area (Å²) in [6.45, 7) is 1.77. The van der Waals surface area contributed by atoms with Crippen LogP contribution in [-0.2, 0) is 0 Å². The first-order valence-electron chi connectivity index (χ1n) is 5.14. The summed E-state index contributed by atoms with van der Waals surface area (Å²) in [6, 6.07) is 7.90. The molecule has 0 aliphatic heterocycles. The van der Waals surface area contributed by atoms with Crippen LogP contribution in [0.4, 0.5) is 5.69 Å². The lowest BCUT2D eigenvalue weighted by Gasteiger charge is -2.01. The predicted molar refractivity (Wildman–Crippen MR) is 64.9 cm³/mol. The van der Waals surface area contributed by atoms with Crippen molar-refractivity contribution in [1.82, 2.24) is 0 Å². The average molecular weight is 246 g/mol. The highest BCUT2D eigenvalue weighted by Gasteiger charge is 2.11. The molecule has 6 nitrogen and oxygen atoms in total. The SMILES string of the molecule is Cc1cc([N+](=O)[O-])ccc1-c1ccc(/C=N\O)o1. The first kappa shape index (κ1) is 11.8. The predicted octanol–water partition coefficient (Wildman–Crippen LogP) is 2.97. The van der Waals surface area contributed by atoms with Crippen molar-refractivity contribution in [2.75, 3.05) is 0 Å². The molecule has 0 bridgehead atoms. The maximum absolute atomic E-state index is 10.6. The number of aryl methyl sites for hydroxylation is 1. The number of hydrogen-bond acceptors (Lipinski definition) is 5. The summed E-state index contributed by atoms with van der Waals surface area (Å²) in [4.78, 5) is 10.2. The summed E-state index contributed by atoms with van der Waals surface area (Å²) in [5.41, 5.74) is 1.55. The highest BCUT2D eigenvalue weighted by molar-refractivity contribution is 5.77. The number of nitrogens with zero attached hydrogens (tertiary/aromatic N) is 2. The lowest BCUT2D eigenvalue weighted by molar-refractivity contribution is -0.384. The van der Waals surface area contributed by atoms with Crippen molar-refractivity contribution in [3.63, 3.8) is 0 Å². The Bertz CT molecular complexity index is 616. The topological polar surface area (TPSA) is 88.9 Å². The van der Waals surface area contributed by atoms with Crippen molar-refractivity contribution >= 4 is 11.9 Å². The monoisotopic (exact) mass is 246 g/mol. The normalized spacial score (nSPS) is 10.9. The Labute approximate surface area is 102 Å². The van der Waals surface area contributed by atoms with Gasteiger partial charge in [-0.05, 0) is 30.7 Å². The second-order valence-electron chi connectivity index (χ2n) is 3.70. The molecule has 92 valence electrons. The van der Waals surface area contributed by atoms with Gasteiger partial charge < -0.3 is 9.62 Å². The van der Waals surface area contributed by atoms with Gasteiger partial charge in [-0.1, -0.05) is 5.16 Å². The molecule has 0 spiro atoms. The zero-order chi connectivity index (χ0) is 13.1. The maximum atomic E-state index is 10.6. The van der Waals surface area contributed by atoms with E-state index in [-0.39, 0.29) is 5.69 Å². The lowest BCUT2D eigenvalue weighted by Crippen LogP contribution is -1.89. The third-order valence-corrected chi connectivity index (χ3v) is 2.50. The van der Waals surface area contributed by atoms with Gasteiger partial charge in [0.1, 0.15) is 17.7 Å². The molecule has 0 unspecified atom stereocenters. The Morgan fingerprint density at radius 3 is 2.78 bits per heavy atom. The first-order valence-corrected chi connectivity index (χ1v) is 5.14. The fourth-order valence-corrected chi connectivity index (χ4v) is 1.66. The van der Waals surface area contributed by atoms with Gasteiger partial charge in [-0.3, -0.25) is 10.1 Å². The largest absolute Gasteiger partial charge is 0.455 e. The Morgan fingerprint density at radius 2 is 2.17 bits per heavy atom. The van der Waals surface area contributed by atoms with Gasteiger partial charge in [0.2, 0.25) is 0 Å². The fraction of sp³-hybridized carbons (Fsp3) is 0.0833. The summed E-state index contributed by atoms with van der Waals surface area (Å²) < 4.78 is 5.41. The van der Waals surface area contributed by atoms with Crippen LogP contribution in [0.25, 0.3) is 11.3 Å². The Morgan fingerprint density at radius 1 is 1.39 bits per heavy atom. The Kier molecular flexibility index (Phi) is 3.09. The number of nitro benzene ring substituents is 1. The van der Waals surface area contributed by atoms with E-state index >= 15 is 0 Å². The van der Waals surface area contributed by atoms with E-state index in [1.807, 2.05) is 0 Å². The van der Waals surface area contributed by atoms with E-state index < -0.39 is 4.92 Å². The molecule has 0 radical (unpaired) electrons. The van der Waals surface area contributed by atoms with E-state index in [9.17, 15) is 10.1 Å². The summed E-state index contributed by atoms with van der Waals surface area (Å²) in [5.74, 6) is 0.975. The molecular weight excluding hydrogens is 236 g/mol. The van der Waals surface area contributed by atoms with Crippen LogP contribution >= 0.6 is 0 Å². The molecule has 2 rings (SSSR count). The second kappa shape index (κ2) is 4.70. The fourth-order valence-electron chi connectivity index (χ4n) is 1.66. The van der Waals surface area contributed by atoms with E-state index in [2.05, 4.69) is 5.16 Å². The molecule has 0 aliphatic carbocycles. The van der Waals surface area contributed by atoms with Gasteiger partial charge in [0, 0.05) is 17.7 Å². The van der Waals surface area contributed by atoms with Crippen LogP contribution in [0.3, 0.4) is 0 Å². The Balaban J connectivity index is 2.41. The van der Waals surface area contributed by atoms with Crippen LogP contribution in [-0.4, -0.2) is 16.3 Å². The molecule has 1 N–H and O–H groups in total. The molecule has 6 heteroatoms. The smallest absolute Gasteiger partial charge is 0.269 e. The molecule has 1 heterocycles. The van der Waals surface area contributed by atoms with Crippen molar-refractivity contribution in [3.05, 3.63) is 51.8 Å². The number of nitro groups is 1. The van der Waals surface area contributed by atoms with Crippen LogP contribution in [0.1, 0.15) is 11.3 Å². The maximum Gasteiger partial charge on any atom is 0.269 e. The minimum absolute atomic E-state index is 0.0416. The molecule has 2 aromatic rings. The van der Waals surface area contributed by atoms with E-state index in [1.165, 1.54) is 18.3 Å². The van der Waals surface area contributed by atoms with Crippen molar-refractivity contribution in [2.45, 2.75) is 6.92 Å². The van der Waals surface area contributed by atoms with Gasteiger partial charge in [-0.15, -0.1) is 0 Å². The highest BCUT2D eigenvalue weighted by atomic mass is 16.6. The third-order valence-electron chi connectivity index (χ3n) is 2.50. The minimum Gasteiger partial charge on any atom is -0.455 e. The van der Waals surface area contributed by atoms with Crippen LogP contribution in [0, 0.1) is 17.0 Å². The molecule has 0 amide bonds. The van der Waals surface area contributed by atoms with Crippen molar-refractivity contribution in [1.29, 1.82) is 0 Å². The summed E-state index contributed by atoms with van der Waals surface area (Å²) in [6.07, 6.45) is 1.17. The van der Waals surface area contributed by atoms with Crippen molar-refractivity contribution in [2.24, 2.45) is 5.16 Å². The molecule has 0 aliphatic rings. The minimum atomic E-state index is -0.442. The number of oxime groups is 1. The van der Waals surface area contributed by atoms with Gasteiger partial charge in [0.05, 0.1) is 4.92 Å². The van der Waals surface area contributed by atoms with E-state index in [4.69, 9.17) is 9.62 Å². The zero-order valence-corrected chi connectivity index (χ0v) is 9.53. The number of rotatable bonds is 3. The molecular formula is C12H10N2O4. The standard InChI is InChI=1S/C12H10N2O4/c1-8-6-9(14(16)17)2-4-11(8)12-5-3-10(18-12)7-13-15/h2-7,15H,1H3/b13-7-. The van der Waals surface area contributed by atoms with Gasteiger partial charge >= 0.3 is 0 Å². The van der Waals surface area contributed by atoms with Gasteiger partial charge in [0.15, 0.2) is 0 Å². The van der Waals surface area contributed by atoms with Crippen LogP contribution < -0.4 is 0 Å². The van der Waals surface area contributed by atoms with Crippen LogP contribution in [0.5, 0.6) is 0 Å². The van der Waals surface area contributed by atoms with Gasteiger partial charge in [0.25, 0.3) is 5.69 Å². The van der Waals surface area contributed by atoms with E-state index in [0.717, 1.165) is 11.1 Å². The molecule has 1 aromatic heterocycles. The lowest BCUT2D eigenvalue weighted by atomic mass is 10.1. The third kappa shape index (κ3) is 2.22. The van der Waals surface area contributed by atoms with E-state index in [1.54, 1.807) is 25.1 Å². The van der Waals surface area contributed by atoms with Gasteiger partial charge in [-0.25, -0.2) is 0 Å². The second-order valence-corrected chi connectivity index (χ2v) is 3.70. The zero-order valence-electron chi connectivity index (χ0n) is 9.53. The number of non-ortho nitro benzene ring substituents is 1. The average Bonchev–Trinajstić information content (AvgIpc) is 2.77. The van der Waals surface area contributed by atoms with Crippen molar-refractivity contribution in [3.8, 4) is 11.3 Å². The molecule has 0 fully saturated rings. The molecule has 1 aromatic carbocycles. The summed E-state index contributed by atoms with van der Waals surface area (Å²) in [7, 11) is 0. The Hall–Kier alpha value is -2.63. The van der Waals surface area contributed by atoms with Gasteiger partial charge in [-0.2, -0.15) is 0 Å².